The first kappa shape index (κ1) is 10.8. The molecule has 14 heavy (non-hydrogen) atoms. The summed E-state index contributed by atoms with van der Waals surface area (Å²) < 4.78 is 0. The lowest BCUT2D eigenvalue weighted by Gasteiger charge is -2.11. The monoisotopic (exact) mass is 194 g/mol. The van der Waals surface area contributed by atoms with E-state index in [0.717, 1.165) is 13.1 Å². The lowest BCUT2D eigenvalue weighted by molar-refractivity contribution is 0.768. The van der Waals surface area contributed by atoms with Gasteiger partial charge in [-0.1, -0.05) is 0 Å². The van der Waals surface area contributed by atoms with Gasteiger partial charge in [-0.15, -0.1) is 0 Å². The maximum absolute atomic E-state index is 5.74. The Morgan fingerprint density at radius 3 is 1.57 bits per heavy atom. The zero-order chi connectivity index (χ0) is 10.6. The van der Waals surface area contributed by atoms with Crippen molar-refractivity contribution in [2.24, 2.45) is 0 Å². The average Bonchev–Trinajstić information content (AvgIpc) is 2.14. The second-order valence-corrected chi connectivity index (χ2v) is 3.31. The van der Waals surface area contributed by atoms with Gasteiger partial charge in [-0.2, -0.15) is 0 Å². The number of nitrogens with one attached hydrogen (secondary N) is 2. The summed E-state index contributed by atoms with van der Waals surface area (Å²) in [6.07, 6.45) is 0. The van der Waals surface area contributed by atoms with Crippen LogP contribution < -0.4 is 22.1 Å². The Labute approximate surface area is 84.7 Å². The molecule has 1 aromatic carbocycles. The zero-order valence-corrected chi connectivity index (χ0v) is 8.72. The summed E-state index contributed by atoms with van der Waals surface area (Å²) in [4.78, 5) is 0. The molecule has 0 saturated carbocycles. The summed E-state index contributed by atoms with van der Waals surface area (Å²) in [6.45, 7) is 1.61. The van der Waals surface area contributed by atoms with E-state index < -0.39 is 0 Å². The van der Waals surface area contributed by atoms with Gasteiger partial charge in [0.1, 0.15) is 0 Å². The molecule has 78 valence electrons. The molecule has 4 heteroatoms. The highest BCUT2D eigenvalue weighted by atomic mass is 14.8. The van der Waals surface area contributed by atoms with Crippen LogP contribution in [0.1, 0.15) is 11.1 Å². The molecule has 0 unspecified atom stereocenters. The van der Waals surface area contributed by atoms with E-state index in [2.05, 4.69) is 10.6 Å². The van der Waals surface area contributed by atoms with Crippen LogP contribution in [0.4, 0.5) is 11.4 Å². The van der Waals surface area contributed by atoms with Gasteiger partial charge in [-0.05, 0) is 37.4 Å². The smallest absolute Gasteiger partial charge is 0.0551 e. The number of hydrogen-bond donors (Lipinski definition) is 4. The van der Waals surface area contributed by atoms with E-state index in [1.165, 1.54) is 11.1 Å². The second-order valence-electron chi connectivity index (χ2n) is 3.31. The van der Waals surface area contributed by atoms with Crippen molar-refractivity contribution in [3.05, 3.63) is 23.3 Å². The highest BCUT2D eigenvalue weighted by Crippen LogP contribution is 2.20. The molecule has 0 aliphatic carbocycles. The summed E-state index contributed by atoms with van der Waals surface area (Å²) in [5, 5.41) is 6.21. The zero-order valence-electron chi connectivity index (χ0n) is 8.72. The van der Waals surface area contributed by atoms with Gasteiger partial charge in [0.25, 0.3) is 0 Å². The lowest BCUT2D eigenvalue weighted by Crippen LogP contribution is -2.13. The third-order valence-electron chi connectivity index (χ3n) is 2.14. The molecule has 4 nitrogen and oxygen atoms in total. The number of benzene rings is 1. The Kier molecular flexibility index (Phi) is 3.73. The van der Waals surface area contributed by atoms with Crippen LogP contribution in [0, 0.1) is 0 Å². The molecule has 0 bridgehead atoms. The minimum absolute atomic E-state index is 0.648. The fraction of sp³-hybridized carbons (Fsp3) is 0.400. The van der Waals surface area contributed by atoms with Gasteiger partial charge < -0.3 is 22.1 Å². The van der Waals surface area contributed by atoms with Gasteiger partial charge >= 0.3 is 0 Å². The number of hydrogen-bond acceptors (Lipinski definition) is 4. The van der Waals surface area contributed by atoms with E-state index in [1.54, 1.807) is 0 Å². The molecule has 6 N–H and O–H groups in total. The first-order chi connectivity index (χ1) is 6.69. The highest BCUT2D eigenvalue weighted by molar-refractivity contribution is 5.66. The van der Waals surface area contributed by atoms with Crippen molar-refractivity contribution in [2.75, 3.05) is 25.6 Å². The van der Waals surface area contributed by atoms with Crippen molar-refractivity contribution in [1.29, 1.82) is 0 Å². The Balaban J connectivity index is 3.03. The molecule has 0 atom stereocenters. The van der Waals surface area contributed by atoms with Crippen molar-refractivity contribution < 1.29 is 0 Å². The predicted molar refractivity (Wildman–Crippen MR) is 60.8 cm³/mol. The van der Waals surface area contributed by atoms with Crippen molar-refractivity contribution in [3.8, 4) is 0 Å². The van der Waals surface area contributed by atoms with Gasteiger partial charge in [-0.3, -0.25) is 0 Å². The molecule has 0 saturated heterocycles. The molecule has 0 radical (unpaired) electrons. The predicted octanol–water partition coefficient (Wildman–Crippen LogP) is 0.290. The number of nitrogens with two attached hydrogens (primary N) is 2. The minimum Gasteiger partial charge on any atom is -0.397 e. The molecule has 1 aromatic rings. The average molecular weight is 194 g/mol. The molecular formula is C10H18N4. The maximum atomic E-state index is 5.74. The number of rotatable bonds is 4. The van der Waals surface area contributed by atoms with Gasteiger partial charge in [-0.25, -0.2) is 0 Å². The molecule has 0 aliphatic heterocycles. The largest absolute Gasteiger partial charge is 0.397 e. The summed E-state index contributed by atoms with van der Waals surface area (Å²) in [6, 6.07) is 3.86. The van der Waals surface area contributed by atoms with Gasteiger partial charge in [0, 0.05) is 13.1 Å². The third kappa shape index (κ3) is 2.37. The molecule has 0 fully saturated rings. The highest BCUT2D eigenvalue weighted by Gasteiger charge is 2.04. The standard InChI is InChI=1S/C10H18N4/c1-13-5-7-3-9(11)10(12)4-8(7)6-14-2/h3-4,13-14H,5-6,11-12H2,1-2H3. The van der Waals surface area contributed by atoms with Crippen LogP contribution in [0.25, 0.3) is 0 Å². The van der Waals surface area contributed by atoms with E-state index in [9.17, 15) is 0 Å². The number of nitrogen functional groups attached to an aromatic ring is 2. The molecule has 1 rings (SSSR count). The quantitative estimate of drug-likeness (QED) is 0.520. The second kappa shape index (κ2) is 4.83. The van der Waals surface area contributed by atoms with Crippen molar-refractivity contribution in [1.82, 2.24) is 10.6 Å². The molecular weight excluding hydrogens is 176 g/mol. The summed E-state index contributed by atoms with van der Waals surface area (Å²) in [5.74, 6) is 0. The van der Waals surface area contributed by atoms with Gasteiger partial charge in [0.2, 0.25) is 0 Å². The molecule has 0 heterocycles. The van der Waals surface area contributed by atoms with Gasteiger partial charge in [0.05, 0.1) is 11.4 Å². The summed E-state index contributed by atoms with van der Waals surface area (Å²) >= 11 is 0. The fourth-order valence-corrected chi connectivity index (χ4v) is 1.44. The van der Waals surface area contributed by atoms with Crippen LogP contribution >= 0.6 is 0 Å². The molecule has 0 spiro atoms. The van der Waals surface area contributed by atoms with Crippen LogP contribution in [0.2, 0.25) is 0 Å². The van der Waals surface area contributed by atoms with Crippen molar-refractivity contribution in [3.63, 3.8) is 0 Å². The van der Waals surface area contributed by atoms with Crippen LogP contribution in [0.5, 0.6) is 0 Å². The van der Waals surface area contributed by atoms with E-state index in [4.69, 9.17) is 11.5 Å². The summed E-state index contributed by atoms with van der Waals surface area (Å²) in [5.41, 5.74) is 15.2. The molecule has 0 aromatic heterocycles. The topological polar surface area (TPSA) is 76.1 Å². The molecule has 0 aliphatic rings. The van der Waals surface area contributed by atoms with E-state index in [1.807, 2.05) is 26.2 Å². The lowest BCUT2D eigenvalue weighted by atomic mass is 10.0. The normalized spacial score (nSPS) is 10.4. The Morgan fingerprint density at radius 1 is 0.929 bits per heavy atom. The summed E-state index contributed by atoms with van der Waals surface area (Å²) in [7, 11) is 3.82. The van der Waals surface area contributed by atoms with Crippen molar-refractivity contribution in [2.45, 2.75) is 13.1 Å². The number of anilines is 2. The van der Waals surface area contributed by atoms with Gasteiger partial charge in [0.15, 0.2) is 0 Å². The Hall–Kier alpha value is -1.26. The first-order valence-corrected chi connectivity index (χ1v) is 4.65. The van der Waals surface area contributed by atoms with Crippen molar-refractivity contribution >= 4 is 11.4 Å². The third-order valence-corrected chi connectivity index (χ3v) is 2.14. The SMILES string of the molecule is CNCc1cc(N)c(N)cc1CNC. The minimum atomic E-state index is 0.648. The maximum Gasteiger partial charge on any atom is 0.0551 e. The van der Waals surface area contributed by atoms with E-state index >= 15 is 0 Å². The van der Waals surface area contributed by atoms with Crippen LogP contribution in [0.3, 0.4) is 0 Å². The first-order valence-electron chi connectivity index (χ1n) is 4.65. The van der Waals surface area contributed by atoms with Crippen LogP contribution in [-0.4, -0.2) is 14.1 Å². The Morgan fingerprint density at radius 2 is 1.29 bits per heavy atom. The van der Waals surface area contributed by atoms with Crippen LogP contribution in [-0.2, 0) is 13.1 Å². The molecule has 0 amide bonds. The van der Waals surface area contributed by atoms with Crippen LogP contribution in [0.15, 0.2) is 12.1 Å². The van der Waals surface area contributed by atoms with E-state index in [0.29, 0.717) is 11.4 Å². The van der Waals surface area contributed by atoms with E-state index in [-0.39, 0.29) is 0 Å². The Bertz CT molecular complexity index is 278. The fourth-order valence-electron chi connectivity index (χ4n) is 1.44.